The van der Waals surface area contributed by atoms with Crippen LogP contribution in [0, 0.1) is 0 Å². The van der Waals surface area contributed by atoms with E-state index >= 15 is 0 Å². The number of nitrogens with zero attached hydrogens (tertiary/aromatic N) is 3. The molecular weight excluding hydrogens is 547 g/mol. The topological polar surface area (TPSA) is 38.7 Å². The molecule has 0 fully saturated rings. The second-order valence-corrected chi connectivity index (χ2v) is 6.10. The van der Waals surface area contributed by atoms with Crippen molar-refractivity contribution in [3.05, 3.63) is 18.0 Å². The maximum Gasteiger partial charge on any atom is 0.460 e. The first-order valence-corrected chi connectivity index (χ1v) is 7.34. The van der Waals surface area contributed by atoms with Gasteiger partial charge in [-0.3, -0.25) is 0 Å². The van der Waals surface area contributed by atoms with Crippen molar-refractivity contribution in [2.24, 2.45) is 0 Å². The molecule has 0 aliphatic heterocycles. The highest BCUT2D eigenvalue weighted by molar-refractivity contribution is 5.20. The van der Waals surface area contributed by atoms with Crippen LogP contribution in [0.3, 0.4) is 0 Å². The molecule has 0 bridgehead atoms. The van der Waals surface area contributed by atoms with Crippen LogP contribution in [0.2, 0.25) is 0 Å². The first kappa shape index (κ1) is 29.7. The van der Waals surface area contributed by atoms with Crippen LogP contribution in [0.25, 0.3) is 0 Å². The van der Waals surface area contributed by atoms with Gasteiger partial charge in [0.15, 0.2) is 0 Å². The van der Waals surface area contributed by atoms with Gasteiger partial charge in [-0.05, 0) is 11.3 Å². The molecule has 0 saturated carbocycles. The number of aromatic nitrogens is 3. The van der Waals surface area contributed by atoms with Crippen molar-refractivity contribution < 1.29 is 83.4 Å². The number of hydrogen-bond donors (Lipinski definition) is 0. The van der Waals surface area contributed by atoms with Crippen LogP contribution >= 0.6 is 0 Å². The molecule has 0 aliphatic rings. The highest BCUT2D eigenvalue weighted by Gasteiger charge is 2.96. The highest BCUT2D eigenvalue weighted by atomic mass is 19.4. The first-order chi connectivity index (χ1) is 14.6. The average molecular weight is 549 g/mol. The summed E-state index contributed by atoms with van der Waals surface area (Å²) < 4.78 is 250. The van der Waals surface area contributed by atoms with Crippen molar-refractivity contribution in [2.75, 3.05) is 0 Å². The van der Waals surface area contributed by atoms with Crippen molar-refractivity contribution in [2.45, 2.75) is 53.6 Å². The van der Waals surface area contributed by atoms with E-state index in [9.17, 15) is 83.4 Å². The fraction of sp³-hybridized carbons (Fsp3) is 0.750. The molecule has 0 spiro atoms. The number of rotatable bonds is 8. The largest absolute Gasteiger partial charge is 0.460 e. The van der Waals surface area contributed by atoms with Gasteiger partial charge in [-0.25, -0.2) is 0 Å². The normalized spacial score (nSPS) is 16.1. The van der Waals surface area contributed by atoms with Gasteiger partial charge in [-0.15, -0.1) is 10.2 Å². The Morgan fingerprint density at radius 2 is 0.765 bits per heavy atom. The second-order valence-electron chi connectivity index (χ2n) is 6.10. The van der Waals surface area contributed by atoms with E-state index in [1.165, 1.54) is 0 Å². The first-order valence-electron chi connectivity index (χ1n) is 7.34. The number of hydrogen-bond acceptors (Lipinski definition) is 3. The van der Waals surface area contributed by atoms with Crippen molar-refractivity contribution in [1.82, 2.24) is 15.4 Å². The molecular formula is C12H2F19N3. The van der Waals surface area contributed by atoms with Gasteiger partial charge >= 0.3 is 53.6 Å². The molecule has 34 heavy (non-hydrogen) atoms. The predicted octanol–water partition coefficient (Wildman–Crippen LogP) is 5.97. The fourth-order valence-corrected chi connectivity index (χ4v) is 1.93. The molecule has 1 aromatic rings. The van der Waals surface area contributed by atoms with E-state index in [1.807, 2.05) is 5.10 Å². The average Bonchev–Trinajstić information content (AvgIpc) is 2.66. The summed E-state index contributed by atoms with van der Waals surface area (Å²) in [4.78, 5) is 0. The molecule has 1 rings (SSSR count). The summed E-state index contributed by atoms with van der Waals surface area (Å²) in [6.07, 6.45) is -7.95. The van der Waals surface area contributed by atoms with E-state index in [0.29, 0.717) is 0 Å². The molecule has 22 heteroatoms. The van der Waals surface area contributed by atoms with Gasteiger partial charge in [0.25, 0.3) is 0 Å². The maximum absolute atomic E-state index is 13.7. The van der Waals surface area contributed by atoms with Gasteiger partial charge in [0.1, 0.15) is 5.69 Å². The van der Waals surface area contributed by atoms with Crippen molar-refractivity contribution in [3.8, 4) is 0 Å². The van der Waals surface area contributed by atoms with E-state index in [0.717, 1.165) is 0 Å². The lowest BCUT2D eigenvalue weighted by Crippen LogP contribution is -2.75. The molecule has 0 N–H and O–H groups in total. The zero-order valence-electron chi connectivity index (χ0n) is 14.7. The summed E-state index contributed by atoms with van der Waals surface area (Å²) in [5.41, 5.74) is -2.74. The minimum Gasteiger partial charge on any atom is -0.192 e. The Kier molecular flexibility index (Phi) is 6.63. The van der Waals surface area contributed by atoms with Crippen LogP contribution in [0.15, 0.2) is 12.3 Å². The van der Waals surface area contributed by atoms with Crippen molar-refractivity contribution in [1.29, 1.82) is 0 Å². The third kappa shape index (κ3) is 3.49. The molecule has 1 heterocycles. The van der Waals surface area contributed by atoms with Crippen LogP contribution in [0.4, 0.5) is 83.4 Å². The molecule has 0 atom stereocenters. The van der Waals surface area contributed by atoms with Crippen LogP contribution in [0.1, 0.15) is 5.69 Å². The highest BCUT2D eigenvalue weighted by Crippen LogP contribution is 2.65. The fourth-order valence-electron chi connectivity index (χ4n) is 1.93. The number of alkyl halides is 19. The summed E-state index contributed by atoms with van der Waals surface area (Å²) >= 11 is 0. The molecule has 0 aromatic carbocycles. The minimum atomic E-state index is -8.95. The summed E-state index contributed by atoms with van der Waals surface area (Å²) in [6, 6.07) is -0.458. The van der Waals surface area contributed by atoms with Crippen LogP contribution in [0.5, 0.6) is 0 Å². The van der Waals surface area contributed by atoms with Crippen molar-refractivity contribution >= 4 is 0 Å². The van der Waals surface area contributed by atoms with E-state index in [1.54, 1.807) is 0 Å². The molecule has 0 radical (unpaired) electrons. The standard InChI is InChI=1S/C12H2F19N3/c13-4(14,3-1-2-32-34-33-3)5(15,16)6(17,18)7(19,20)8(21,22)9(23,24)10(25,26)11(27,28)12(29,30)31/h1-2H. The summed E-state index contributed by atoms with van der Waals surface area (Å²) in [5.74, 6) is -67.1. The van der Waals surface area contributed by atoms with Gasteiger partial charge in [0.2, 0.25) is 0 Å². The molecule has 0 unspecified atom stereocenters. The van der Waals surface area contributed by atoms with Gasteiger partial charge in [-0.2, -0.15) is 83.4 Å². The lowest BCUT2D eigenvalue weighted by Gasteiger charge is -2.43. The summed E-state index contributed by atoms with van der Waals surface area (Å²) in [5, 5.41) is 6.70. The molecule has 3 nitrogen and oxygen atoms in total. The molecule has 0 saturated heterocycles. The van der Waals surface area contributed by atoms with Gasteiger partial charge in [-0.1, -0.05) is 0 Å². The monoisotopic (exact) mass is 549 g/mol. The van der Waals surface area contributed by atoms with Crippen LogP contribution < -0.4 is 0 Å². The Balaban J connectivity index is 3.76. The van der Waals surface area contributed by atoms with E-state index in [-0.39, 0.29) is 6.20 Å². The second kappa shape index (κ2) is 7.59. The molecule has 1 aromatic heterocycles. The summed E-state index contributed by atoms with van der Waals surface area (Å²) in [6.45, 7) is 0. The van der Waals surface area contributed by atoms with Gasteiger partial charge in [0.05, 0.1) is 6.20 Å². The van der Waals surface area contributed by atoms with Crippen molar-refractivity contribution in [3.63, 3.8) is 0 Å². The Morgan fingerprint density at radius 3 is 1.06 bits per heavy atom. The third-order valence-electron chi connectivity index (χ3n) is 3.94. The zero-order valence-corrected chi connectivity index (χ0v) is 14.7. The molecule has 198 valence electrons. The maximum atomic E-state index is 13.7. The Morgan fingerprint density at radius 1 is 0.441 bits per heavy atom. The van der Waals surface area contributed by atoms with Crippen LogP contribution in [-0.4, -0.2) is 63.0 Å². The smallest absolute Gasteiger partial charge is 0.192 e. The van der Waals surface area contributed by atoms with Gasteiger partial charge < -0.3 is 0 Å². The Hall–Kier alpha value is -2.32. The lowest BCUT2D eigenvalue weighted by molar-refractivity contribution is -0.469. The lowest BCUT2D eigenvalue weighted by atomic mass is 9.87. The third-order valence-corrected chi connectivity index (χ3v) is 3.94. The minimum absolute atomic E-state index is 0.0366. The predicted molar refractivity (Wildman–Crippen MR) is 64.4 cm³/mol. The SMILES string of the molecule is FC(F)(F)C(F)(F)C(F)(F)C(F)(F)C(F)(F)C(F)(F)C(F)(F)C(F)(F)C(F)(F)c1ccnnn1. The Bertz CT molecular complexity index is 874. The summed E-state index contributed by atoms with van der Waals surface area (Å²) in [7, 11) is 0. The number of halogens is 19. The van der Waals surface area contributed by atoms with Crippen LogP contribution in [-0.2, 0) is 5.92 Å². The quantitative estimate of drug-likeness (QED) is 0.376. The zero-order chi connectivity index (χ0) is 27.6. The van der Waals surface area contributed by atoms with E-state index in [4.69, 9.17) is 0 Å². The van der Waals surface area contributed by atoms with E-state index in [2.05, 4.69) is 10.3 Å². The van der Waals surface area contributed by atoms with E-state index < -0.39 is 65.3 Å². The molecule has 0 aliphatic carbocycles. The Labute approximate surface area is 171 Å². The molecule has 0 amide bonds. The van der Waals surface area contributed by atoms with Gasteiger partial charge in [0, 0.05) is 0 Å².